The van der Waals surface area contributed by atoms with Gasteiger partial charge in [0.1, 0.15) is 0 Å². The van der Waals surface area contributed by atoms with Crippen LogP contribution in [0.5, 0.6) is 0 Å². The number of rotatable bonds is 8. The van der Waals surface area contributed by atoms with Crippen molar-refractivity contribution in [2.24, 2.45) is 5.92 Å². The van der Waals surface area contributed by atoms with Crippen LogP contribution in [0.15, 0.2) is 0 Å². The summed E-state index contributed by atoms with van der Waals surface area (Å²) in [6.45, 7) is 10.6. The average molecular weight is 282 g/mol. The Balaban J connectivity index is 1.64. The van der Waals surface area contributed by atoms with E-state index >= 15 is 0 Å². The monoisotopic (exact) mass is 282 g/mol. The van der Waals surface area contributed by atoms with Crippen LogP contribution in [-0.4, -0.2) is 49.8 Å². The van der Waals surface area contributed by atoms with E-state index in [2.05, 4.69) is 24.1 Å². The minimum absolute atomic E-state index is 0.570. The zero-order valence-electron chi connectivity index (χ0n) is 13.6. The lowest BCUT2D eigenvalue weighted by molar-refractivity contribution is 0.0911. The molecule has 0 aliphatic carbocycles. The molecule has 2 aliphatic heterocycles. The highest BCUT2D eigenvalue weighted by atomic mass is 16.5. The minimum atomic E-state index is 0.570. The van der Waals surface area contributed by atoms with Gasteiger partial charge in [0.05, 0.1) is 6.10 Å². The van der Waals surface area contributed by atoms with Gasteiger partial charge < -0.3 is 15.0 Å². The zero-order valence-corrected chi connectivity index (χ0v) is 13.6. The fraction of sp³-hybridized carbons (Fsp3) is 1.00. The van der Waals surface area contributed by atoms with Gasteiger partial charge in [-0.1, -0.05) is 20.3 Å². The van der Waals surface area contributed by atoms with E-state index in [0.29, 0.717) is 6.10 Å². The Hall–Kier alpha value is -0.120. The molecule has 0 aromatic carbocycles. The van der Waals surface area contributed by atoms with Crippen molar-refractivity contribution >= 4 is 0 Å². The van der Waals surface area contributed by atoms with E-state index in [0.717, 1.165) is 18.6 Å². The number of likely N-dealkylation sites (tertiary alicyclic amines) is 1. The third-order valence-corrected chi connectivity index (χ3v) is 5.02. The molecule has 2 fully saturated rings. The number of ether oxygens (including phenoxy) is 1. The van der Waals surface area contributed by atoms with Crippen LogP contribution in [0.25, 0.3) is 0 Å². The second-order valence-electron chi connectivity index (χ2n) is 6.60. The first-order chi connectivity index (χ1) is 9.83. The molecule has 20 heavy (non-hydrogen) atoms. The molecule has 0 amide bonds. The SMILES string of the molecule is CCCNC1CCN(CCCC2CCCO2)CC1CC. The van der Waals surface area contributed by atoms with E-state index in [-0.39, 0.29) is 0 Å². The van der Waals surface area contributed by atoms with Crippen LogP contribution in [0.1, 0.15) is 58.8 Å². The van der Waals surface area contributed by atoms with Crippen LogP contribution < -0.4 is 5.32 Å². The normalized spacial score (nSPS) is 31.8. The number of nitrogens with one attached hydrogen (secondary N) is 1. The topological polar surface area (TPSA) is 24.5 Å². The molecule has 2 heterocycles. The lowest BCUT2D eigenvalue weighted by Crippen LogP contribution is -2.49. The van der Waals surface area contributed by atoms with Gasteiger partial charge in [0.15, 0.2) is 0 Å². The van der Waals surface area contributed by atoms with Crippen molar-refractivity contribution in [3.63, 3.8) is 0 Å². The molecule has 0 aromatic heterocycles. The number of piperidine rings is 1. The molecule has 3 unspecified atom stereocenters. The summed E-state index contributed by atoms with van der Waals surface area (Å²) in [5.74, 6) is 0.845. The molecule has 3 heteroatoms. The Morgan fingerprint density at radius 1 is 1.25 bits per heavy atom. The molecule has 0 saturated carbocycles. The quantitative estimate of drug-likeness (QED) is 0.740. The fourth-order valence-electron chi connectivity index (χ4n) is 3.74. The summed E-state index contributed by atoms with van der Waals surface area (Å²) in [4.78, 5) is 2.69. The molecule has 1 N–H and O–H groups in total. The number of hydrogen-bond acceptors (Lipinski definition) is 3. The van der Waals surface area contributed by atoms with E-state index in [9.17, 15) is 0 Å². The Labute approximate surface area is 125 Å². The van der Waals surface area contributed by atoms with E-state index in [4.69, 9.17) is 4.74 Å². The predicted octanol–water partition coefficient (Wildman–Crippen LogP) is 3.05. The van der Waals surface area contributed by atoms with Crippen LogP contribution in [0, 0.1) is 5.92 Å². The molecule has 3 nitrogen and oxygen atoms in total. The average Bonchev–Trinajstić information content (AvgIpc) is 2.99. The third kappa shape index (κ3) is 5.01. The molecular formula is C17H34N2O. The minimum Gasteiger partial charge on any atom is -0.378 e. The number of nitrogens with zero attached hydrogens (tertiary/aromatic N) is 1. The van der Waals surface area contributed by atoms with Gasteiger partial charge in [-0.3, -0.25) is 0 Å². The van der Waals surface area contributed by atoms with Gasteiger partial charge in [-0.05, 0) is 64.1 Å². The van der Waals surface area contributed by atoms with E-state index in [1.165, 1.54) is 71.1 Å². The van der Waals surface area contributed by atoms with Crippen molar-refractivity contribution in [2.45, 2.75) is 70.9 Å². The van der Waals surface area contributed by atoms with Crippen LogP contribution in [0.4, 0.5) is 0 Å². The summed E-state index contributed by atoms with van der Waals surface area (Å²) >= 11 is 0. The van der Waals surface area contributed by atoms with Crippen molar-refractivity contribution in [3.8, 4) is 0 Å². The first kappa shape index (κ1) is 16.3. The largest absolute Gasteiger partial charge is 0.378 e. The summed E-state index contributed by atoms with van der Waals surface area (Å²) in [5.41, 5.74) is 0. The molecule has 0 bridgehead atoms. The van der Waals surface area contributed by atoms with Crippen molar-refractivity contribution in [3.05, 3.63) is 0 Å². The third-order valence-electron chi connectivity index (χ3n) is 5.02. The maximum Gasteiger partial charge on any atom is 0.0576 e. The summed E-state index contributed by atoms with van der Waals surface area (Å²) < 4.78 is 5.72. The Morgan fingerprint density at radius 2 is 2.15 bits per heavy atom. The summed E-state index contributed by atoms with van der Waals surface area (Å²) in [6.07, 6.45) is 9.61. The fourth-order valence-corrected chi connectivity index (χ4v) is 3.74. The van der Waals surface area contributed by atoms with Crippen LogP contribution >= 0.6 is 0 Å². The highest BCUT2D eigenvalue weighted by Gasteiger charge is 2.27. The highest BCUT2D eigenvalue weighted by molar-refractivity contribution is 4.84. The smallest absolute Gasteiger partial charge is 0.0576 e. The first-order valence-corrected chi connectivity index (χ1v) is 8.90. The summed E-state index contributed by atoms with van der Waals surface area (Å²) in [6, 6.07) is 0.759. The van der Waals surface area contributed by atoms with Crippen LogP contribution in [0.3, 0.4) is 0 Å². The van der Waals surface area contributed by atoms with Gasteiger partial charge in [0.2, 0.25) is 0 Å². The Kier molecular flexibility index (Phi) is 7.32. The van der Waals surface area contributed by atoms with Crippen molar-refractivity contribution < 1.29 is 4.74 Å². The Morgan fingerprint density at radius 3 is 2.85 bits per heavy atom. The van der Waals surface area contributed by atoms with E-state index < -0.39 is 0 Å². The summed E-state index contributed by atoms with van der Waals surface area (Å²) in [7, 11) is 0. The van der Waals surface area contributed by atoms with Crippen molar-refractivity contribution in [2.75, 3.05) is 32.8 Å². The maximum atomic E-state index is 5.72. The zero-order chi connectivity index (χ0) is 14.2. The molecule has 118 valence electrons. The van der Waals surface area contributed by atoms with Gasteiger partial charge in [0.25, 0.3) is 0 Å². The molecule has 2 aliphatic rings. The first-order valence-electron chi connectivity index (χ1n) is 8.90. The Bertz CT molecular complexity index is 253. The van der Waals surface area contributed by atoms with Gasteiger partial charge >= 0.3 is 0 Å². The molecule has 0 aromatic rings. The van der Waals surface area contributed by atoms with Gasteiger partial charge in [0, 0.05) is 19.2 Å². The van der Waals surface area contributed by atoms with Crippen LogP contribution in [-0.2, 0) is 4.74 Å². The molecule has 0 radical (unpaired) electrons. The molecule has 2 saturated heterocycles. The molecule has 2 rings (SSSR count). The van der Waals surface area contributed by atoms with Gasteiger partial charge in [-0.2, -0.15) is 0 Å². The lowest BCUT2D eigenvalue weighted by atomic mass is 9.89. The predicted molar refractivity (Wildman–Crippen MR) is 85.1 cm³/mol. The maximum absolute atomic E-state index is 5.72. The molecular weight excluding hydrogens is 248 g/mol. The standard InChI is InChI=1S/C17H34N2O/c1-3-10-18-17-9-12-19(14-15(17)4-2)11-5-7-16-8-6-13-20-16/h15-18H,3-14H2,1-2H3. The molecule has 3 atom stereocenters. The van der Waals surface area contributed by atoms with Crippen molar-refractivity contribution in [1.29, 1.82) is 0 Å². The highest BCUT2D eigenvalue weighted by Crippen LogP contribution is 2.22. The lowest BCUT2D eigenvalue weighted by Gasteiger charge is -2.39. The van der Waals surface area contributed by atoms with E-state index in [1.54, 1.807) is 0 Å². The second kappa shape index (κ2) is 9.01. The second-order valence-corrected chi connectivity index (χ2v) is 6.60. The van der Waals surface area contributed by atoms with Crippen LogP contribution in [0.2, 0.25) is 0 Å². The van der Waals surface area contributed by atoms with Crippen molar-refractivity contribution in [1.82, 2.24) is 10.2 Å². The number of hydrogen-bond donors (Lipinski definition) is 1. The van der Waals surface area contributed by atoms with E-state index in [1.807, 2.05) is 0 Å². The van der Waals surface area contributed by atoms with Gasteiger partial charge in [-0.25, -0.2) is 0 Å². The summed E-state index contributed by atoms with van der Waals surface area (Å²) in [5, 5.41) is 3.75. The van der Waals surface area contributed by atoms with Gasteiger partial charge in [-0.15, -0.1) is 0 Å². The molecule has 0 spiro atoms.